The number of rotatable bonds is 3. The number of aromatic nitrogens is 1. The van der Waals surface area contributed by atoms with Gasteiger partial charge in [0, 0.05) is 25.2 Å². The molecule has 7 nitrogen and oxygen atoms in total. The predicted molar refractivity (Wildman–Crippen MR) is 69.7 cm³/mol. The number of hydrogen-bond donors (Lipinski definition) is 2. The molecule has 1 fully saturated rings. The number of nitrogens with two attached hydrogens (primary N) is 1. The largest absolute Gasteiger partial charge is 0.358 e. The second-order valence-corrected chi connectivity index (χ2v) is 4.94. The number of carbonyl (C=O) groups is 1. The van der Waals surface area contributed by atoms with Crippen molar-refractivity contribution in [3.05, 3.63) is 27.9 Å². The molecule has 0 aromatic carbocycles. The van der Waals surface area contributed by atoms with Crippen molar-refractivity contribution in [3.63, 3.8) is 0 Å². The van der Waals surface area contributed by atoms with Gasteiger partial charge in [-0.1, -0.05) is 6.92 Å². The highest BCUT2D eigenvalue weighted by Gasteiger charge is 2.33. The first-order valence-corrected chi connectivity index (χ1v) is 6.39. The minimum atomic E-state index is -0.546. The Hall–Kier alpha value is -1.89. The van der Waals surface area contributed by atoms with Crippen LogP contribution in [0.15, 0.2) is 12.1 Å². The summed E-state index contributed by atoms with van der Waals surface area (Å²) >= 11 is 0. The zero-order valence-corrected chi connectivity index (χ0v) is 10.8. The fourth-order valence-electron chi connectivity index (χ4n) is 2.63. The highest BCUT2D eigenvalue weighted by Crippen LogP contribution is 2.24. The Labute approximate surface area is 110 Å². The van der Waals surface area contributed by atoms with Gasteiger partial charge in [-0.15, -0.1) is 0 Å². The van der Waals surface area contributed by atoms with E-state index in [1.165, 1.54) is 12.1 Å². The summed E-state index contributed by atoms with van der Waals surface area (Å²) in [5, 5.41) is 10.6. The van der Waals surface area contributed by atoms with E-state index in [0.717, 1.165) is 12.8 Å². The van der Waals surface area contributed by atoms with E-state index in [4.69, 9.17) is 5.73 Å². The van der Waals surface area contributed by atoms with Gasteiger partial charge in [0.1, 0.15) is 0 Å². The number of nitrogens with zero attached hydrogens (tertiary/aromatic N) is 2. The second-order valence-electron chi connectivity index (χ2n) is 4.94. The molecule has 2 unspecified atom stereocenters. The van der Waals surface area contributed by atoms with Crippen LogP contribution in [0.1, 0.15) is 30.3 Å². The zero-order valence-electron chi connectivity index (χ0n) is 10.8. The Balaban J connectivity index is 2.19. The lowest BCUT2D eigenvalue weighted by atomic mass is 9.90. The number of likely N-dealkylation sites (tertiary alicyclic amines) is 1. The smallest absolute Gasteiger partial charge is 0.321 e. The van der Waals surface area contributed by atoms with Crippen molar-refractivity contribution in [2.45, 2.75) is 25.8 Å². The van der Waals surface area contributed by atoms with E-state index in [9.17, 15) is 14.9 Å². The van der Waals surface area contributed by atoms with Crippen molar-refractivity contribution in [1.82, 2.24) is 9.88 Å². The van der Waals surface area contributed by atoms with Crippen molar-refractivity contribution >= 4 is 11.7 Å². The number of nitrogens with one attached hydrogen (secondary N) is 1. The monoisotopic (exact) mass is 266 g/mol. The van der Waals surface area contributed by atoms with Crippen LogP contribution < -0.4 is 5.73 Å². The van der Waals surface area contributed by atoms with E-state index in [1.807, 2.05) is 0 Å². The lowest BCUT2D eigenvalue weighted by molar-refractivity contribution is -0.389. The normalized spacial score (nSPS) is 23.4. The summed E-state index contributed by atoms with van der Waals surface area (Å²) in [7, 11) is 0. The SMILES string of the molecule is CC1CCCN(C(=O)c2ccc([N+](=O)[O-])[nH]2)C1CN. The third-order valence-electron chi connectivity index (χ3n) is 3.72. The molecule has 1 aliphatic heterocycles. The van der Waals surface area contributed by atoms with E-state index >= 15 is 0 Å². The molecule has 7 heteroatoms. The molecule has 0 spiro atoms. The molecule has 3 N–H and O–H groups in total. The predicted octanol–water partition coefficient (Wildman–Crippen LogP) is 1.12. The van der Waals surface area contributed by atoms with Crippen LogP contribution >= 0.6 is 0 Å². The van der Waals surface area contributed by atoms with E-state index in [0.29, 0.717) is 19.0 Å². The number of aromatic amines is 1. The van der Waals surface area contributed by atoms with Crippen LogP contribution in [0.25, 0.3) is 0 Å². The summed E-state index contributed by atoms with van der Waals surface area (Å²) < 4.78 is 0. The van der Waals surface area contributed by atoms with Crippen LogP contribution in [0.3, 0.4) is 0 Å². The minimum Gasteiger partial charge on any atom is -0.358 e. The second kappa shape index (κ2) is 5.40. The molecule has 2 atom stereocenters. The Morgan fingerprint density at radius 1 is 1.63 bits per heavy atom. The zero-order chi connectivity index (χ0) is 14.0. The van der Waals surface area contributed by atoms with Gasteiger partial charge in [0.25, 0.3) is 5.91 Å². The van der Waals surface area contributed by atoms with Gasteiger partial charge in [-0.05, 0) is 29.7 Å². The van der Waals surface area contributed by atoms with E-state index in [2.05, 4.69) is 11.9 Å². The molecule has 104 valence electrons. The fourth-order valence-corrected chi connectivity index (χ4v) is 2.63. The van der Waals surface area contributed by atoms with Gasteiger partial charge in [0.2, 0.25) is 0 Å². The topological polar surface area (TPSA) is 105 Å². The molecule has 0 saturated carbocycles. The van der Waals surface area contributed by atoms with E-state index < -0.39 is 4.92 Å². The summed E-state index contributed by atoms with van der Waals surface area (Å²) in [6.07, 6.45) is 1.99. The van der Waals surface area contributed by atoms with Crippen LogP contribution in [-0.4, -0.2) is 39.8 Å². The van der Waals surface area contributed by atoms with Gasteiger partial charge in [-0.3, -0.25) is 4.79 Å². The minimum absolute atomic E-state index is 0.00334. The van der Waals surface area contributed by atoms with Crippen LogP contribution in [0.5, 0.6) is 0 Å². The lowest BCUT2D eigenvalue weighted by Gasteiger charge is -2.38. The van der Waals surface area contributed by atoms with E-state index in [-0.39, 0.29) is 23.5 Å². The van der Waals surface area contributed by atoms with Crippen LogP contribution in [0, 0.1) is 16.0 Å². The molecule has 1 aromatic heterocycles. The summed E-state index contributed by atoms with van der Waals surface area (Å²) in [4.78, 5) is 26.7. The third kappa shape index (κ3) is 2.60. The molecular formula is C12H18N4O3. The molecular weight excluding hydrogens is 248 g/mol. The van der Waals surface area contributed by atoms with Crippen molar-refractivity contribution in [3.8, 4) is 0 Å². The number of nitro groups is 1. The maximum absolute atomic E-state index is 12.4. The van der Waals surface area contributed by atoms with Crippen molar-refractivity contribution in [1.29, 1.82) is 0 Å². The quantitative estimate of drug-likeness (QED) is 0.631. The van der Waals surface area contributed by atoms with Gasteiger partial charge >= 0.3 is 5.82 Å². The van der Waals surface area contributed by atoms with Gasteiger partial charge < -0.3 is 20.7 Å². The third-order valence-corrected chi connectivity index (χ3v) is 3.72. The maximum Gasteiger partial charge on any atom is 0.321 e. The Morgan fingerprint density at radius 2 is 2.37 bits per heavy atom. The molecule has 1 aromatic rings. The van der Waals surface area contributed by atoms with Crippen molar-refractivity contribution in [2.24, 2.45) is 11.7 Å². The summed E-state index contributed by atoms with van der Waals surface area (Å²) in [6, 6.07) is 2.76. The van der Waals surface area contributed by atoms with E-state index in [1.54, 1.807) is 4.90 Å². The molecule has 0 bridgehead atoms. The van der Waals surface area contributed by atoms with Crippen LogP contribution in [0.4, 0.5) is 5.82 Å². The molecule has 2 heterocycles. The molecule has 19 heavy (non-hydrogen) atoms. The average molecular weight is 266 g/mol. The summed E-state index contributed by atoms with van der Waals surface area (Å²) in [5.74, 6) is -0.0274. The number of piperidine rings is 1. The number of hydrogen-bond acceptors (Lipinski definition) is 4. The number of carbonyl (C=O) groups excluding carboxylic acids is 1. The molecule has 0 radical (unpaired) electrons. The average Bonchev–Trinajstić information content (AvgIpc) is 2.87. The molecule has 1 saturated heterocycles. The van der Waals surface area contributed by atoms with Crippen molar-refractivity contribution < 1.29 is 9.72 Å². The standard InChI is InChI=1S/C12H18N4O3/c1-8-3-2-6-15(10(8)7-13)12(17)9-4-5-11(14-9)16(18)19/h4-5,8,10,14H,2-3,6-7,13H2,1H3. The maximum atomic E-state index is 12.4. The first-order chi connectivity index (χ1) is 9.04. The lowest BCUT2D eigenvalue weighted by Crippen LogP contribution is -2.51. The summed E-state index contributed by atoms with van der Waals surface area (Å²) in [5.41, 5.74) is 5.99. The molecule has 0 aliphatic carbocycles. The van der Waals surface area contributed by atoms with Crippen molar-refractivity contribution in [2.75, 3.05) is 13.1 Å². The highest BCUT2D eigenvalue weighted by atomic mass is 16.6. The van der Waals surface area contributed by atoms with Crippen LogP contribution in [0.2, 0.25) is 0 Å². The summed E-state index contributed by atoms with van der Waals surface area (Å²) in [6.45, 7) is 3.14. The van der Waals surface area contributed by atoms with Gasteiger partial charge in [0.15, 0.2) is 5.69 Å². The number of H-pyrrole nitrogens is 1. The highest BCUT2D eigenvalue weighted by molar-refractivity contribution is 5.93. The van der Waals surface area contributed by atoms with Crippen LogP contribution in [-0.2, 0) is 0 Å². The Kier molecular flexibility index (Phi) is 3.84. The Bertz CT molecular complexity index is 485. The first kappa shape index (κ1) is 13.5. The van der Waals surface area contributed by atoms with Gasteiger partial charge in [0.05, 0.1) is 0 Å². The number of amides is 1. The van der Waals surface area contributed by atoms with Gasteiger partial charge in [-0.25, -0.2) is 4.98 Å². The molecule has 1 amide bonds. The Morgan fingerprint density at radius 3 is 2.95 bits per heavy atom. The fraction of sp³-hybridized carbons (Fsp3) is 0.583. The first-order valence-electron chi connectivity index (χ1n) is 6.39. The molecule has 1 aliphatic rings. The molecule has 2 rings (SSSR count). The van der Waals surface area contributed by atoms with Gasteiger partial charge in [-0.2, -0.15) is 0 Å².